The summed E-state index contributed by atoms with van der Waals surface area (Å²) in [6.45, 7) is 2.23. The summed E-state index contributed by atoms with van der Waals surface area (Å²) in [5, 5.41) is 21.0. The maximum Gasteiger partial charge on any atom is 0.512 e. The highest BCUT2D eigenvalue weighted by molar-refractivity contribution is 5.93. The van der Waals surface area contributed by atoms with Crippen molar-refractivity contribution in [3.8, 4) is 11.6 Å². The first kappa shape index (κ1) is 16.8. The third-order valence-corrected chi connectivity index (χ3v) is 4.23. The average Bonchev–Trinajstić information content (AvgIpc) is 3.25. The molecule has 0 fully saturated rings. The van der Waals surface area contributed by atoms with Crippen LogP contribution in [0, 0.1) is 6.92 Å². The number of carbonyl (C=O) groups is 2. The summed E-state index contributed by atoms with van der Waals surface area (Å²) >= 11 is 0. The van der Waals surface area contributed by atoms with Crippen molar-refractivity contribution in [1.29, 1.82) is 0 Å². The molecule has 0 saturated carbocycles. The standard InChI is InChI=1S/C17H15N5O5/c1-10-14(19-22(18-10)11-5-3-2-4-6-11)16(23)21-8-7-13-12(9-21)15(20-27-13)26-17(24)25/h2-6H,7-9H2,1H3,(H,24,25). The average molecular weight is 369 g/mol. The Labute approximate surface area is 152 Å². The molecule has 0 radical (unpaired) electrons. The number of benzene rings is 1. The monoisotopic (exact) mass is 369 g/mol. The Morgan fingerprint density at radius 2 is 2.00 bits per heavy atom. The number of fused-ring (bicyclic) bond motifs is 1. The maximum absolute atomic E-state index is 12.9. The van der Waals surface area contributed by atoms with E-state index in [2.05, 4.69) is 20.1 Å². The molecule has 0 bridgehead atoms. The van der Waals surface area contributed by atoms with Crippen molar-refractivity contribution in [3.63, 3.8) is 0 Å². The van der Waals surface area contributed by atoms with Gasteiger partial charge in [0.05, 0.1) is 23.5 Å². The van der Waals surface area contributed by atoms with Crippen molar-refractivity contribution in [1.82, 2.24) is 25.1 Å². The first-order chi connectivity index (χ1) is 13.0. The molecule has 1 aromatic carbocycles. The Morgan fingerprint density at radius 3 is 2.74 bits per heavy atom. The molecule has 2 aromatic heterocycles. The van der Waals surface area contributed by atoms with Crippen molar-refractivity contribution in [2.75, 3.05) is 6.54 Å². The maximum atomic E-state index is 12.9. The molecule has 0 aliphatic carbocycles. The van der Waals surface area contributed by atoms with E-state index in [1.165, 1.54) is 4.80 Å². The molecule has 3 aromatic rings. The Bertz CT molecular complexity index is 1010. The summed E-state index contributed by atoms with van der Waals surface area (Å²) in [6, 6.07) is 9.28. The minimum absolute atomic E-state index is 0.123. The summed E-state index contributed by atoms with van der Waals surface area (Å²) < 4.78 is 9.71. The smallest absolute Gasteiger partial charge is 0.449 e. The second-order valence-electron chi connectivity index (χ2n) is 5.99. The number of carbonyl (C=O) groups excluding carboxylic acids is 1. The topological polar surface area (TPSA) is 124 Å². The van der Waals surface area contributed by atoms with Crippen molar-refractivity contribution in [2.24, 2.45) is 0 Å². The van der Waals surface area contributed by atoms with E-state index in [9.17, 15) is 9.59 Å². The number of para-hydroxylation sites is 1. The van der Waals surface area contributed by atoms with Gasteiger partial charge in [-0.1, -0.05) is 18.2 Å². The van der Waals surface area contributed by atoms with Gasteiger partial charge in [0.15, 0.2) is 5.69 Å². The molecule has 0 atom stereocenters. The molecule has 10 nitrogen and oxygen atoms in total. The normalized spacial score (nSPS) is 13.3. The van der Waals surface area contributed by atoms with Gasteiger partial charge in [0.1, 0.15) is 5.76 Å². The Hall–Kier alpha value is -3.69. The molecular weight excluding hydrogens is 354 g/mol. The van der Waals surface area contributed by atoms with E-state index in [-0.39, 0.29) is 24.0 Å². The lowest BCUT2D eigenvalue weighted by atomic mass is 10.1. The number of rotatable bonds is 3. The number of aryl methyl sites for hydroxylation is 1. The lowest BCUT2D eigenvalue weighted by Gasteiger charge is -2.25. The number of ether oxygens (including phenoxy) is 1. The molecule has 1 aliphatic heterocycles. The van der Waals surface area contributed by atoms with Gasteiger partial charge in [0.2, 0.25) is 0 Å². The van der Waals surface area contributed by atoms with Crippen LogP contribution in [0.5, 0.6) is 5.88 Å². The quantitative estimate of drug-likeness (QED) is 0.693. The zero-order valence-corrected chi connectivity index (χ0v) is 14.3. The third kappa shape index (κ3) is 3.12. The van der Waals surface area contributed by atoms with E-state index < -0.39 is 6.16 Å². The zero-order chi connectivity index (χ0) is 19.0. The highest BCUT2D eigenvalue weighted by atomic mass is 16.7. The molecule has 0 unspecified atom stereocenters. The molecule has 3 heterocycles. The zero-order valence-electron chi connectivity index (χ0n) is 14.3. The third-order valence-electron chi connectivity index (χ3n) is 4.23. The van der Waals surface area contributed by atoms with Gasteiger partial charge >= 0.3 is 6.16 Å². The van der Waals surface area contributed by atoms with Crippen molar-refractivity contribution in [2.45, 2.75) is 19.9 Å². The largest absolute Gasteiger partial charge is 0.512 e. The number of nitrogens with zero attached hydrogens (tertiary/aromatic N) is 5. The Morgan fingerprint density at radius 1 is 1.22 bits per heavy atom. The fourth-order valence-corrected chi connectivity index (χ4v) is 2.92. The van der Waals surface area contributed by atoms with Gasteiger partial charge in [-0.25, -0.2) is 4.79 Å². The SMILES string of the molecule is Cc1nn(-c2ccccc2)nc1C(=O)N1CCc2onc(OC(=O)O)c2C1. The van der Waals surface area contributed by atoms with Crippen LogP contribution >= 0.6 is 0 Å². The van der Waals surface area contributed by atoms with Crippen LogP contribution in [0.15, 0.2) is 34.9 Å². The molecule has 10 heteroatoms. The Balaban J connectivity index is 1.58. The van der Waals surface area contributed by atoms with Crippen LogP contribution in [0.4, 0.5) is 4.79 Å². The molecule has 1 amide bonds. The summed E-state index contributed by atoms with van der Waals surface area (Å²) in [5.41, 5.74) is 1.93. The van der Waals surface area contributed by atoms with E-state index in [4.69, 9.17) is 9.63 Å². The van der Waals surface area contributed by atoms with Crippen LogP contribution < -0.4 is 4.74 Å². The number of carboxylic acid groups (broad SMARTS) is 1. The lowest BCUT2D eigenvalue weighted by Crippen LogP contribution is -2.36. The minimum atomic E-state index is -1.49. The number of hydrogen-bond acceptors (Lipinski definition) is 7. The van der Waals surface area contributed by atoms with Crippen LogP contribution in [0.25, 0.3) is 5.69 Å². The minimum Gasteiger partial charge on any atom is -0.449 e. The summed E-state index contributed by atoms with van der Waals surface area (Å²) in [6.07, 6.45) is -1.08. The molecular formula is C17H15N5O5. The number of aromatic nitrogens is 4. The van der Waals surface area contributed by atoms with Crippen LogP contribution in [0.2, 0.25) is 0 Å². The molecule has 1 N–H and O–H groups in total. The molecule has 1 aliphatic rings. The summed E-state index contributed by atoms with van der Waals surface area (Å²) in [4.78, 5) is 26.7. The predicted molar refractivity (Wildman–Crippen MR) is 89.7 cm³/mol. The van der Waals surface area contributed by atoms with Gasteiger partial charge in [-0.15, -0.1) is 5.10 Å². The first-order valence-electron chi connectivity index (χ1n) is 8.20. The van der Waals surface area contributed by atoms with Gasteiger partial charge in [-0.2, -0.15) is 9.90 Å². The van der Waals surface area contributed by atoms with E-state index in [1.807, 2.05) is 30.3 Å². The van der Waals surface area contributed by atoms with Gasteiger partial charge < -0.3 is 19.3 Å². The van der Waals surface area contributed by atoms with E-state index in [1.54, 1.807) is 11.8 Å². The van der Waals surface area contributed by atoms with Crippen LogP contribution in [-0.4, -0.2) is 48.8 Å². The lowest BCUT2D eigenvalue weighted by molar-refractivity contribution is 0.0721. The van der Waals surface area contributed by atoms with Crippen LogP contribution in [-0.2, 0) is 13.0 Å². The van der Waals surface area contributed by atoms with E-state index in [0.29, 0.717) is 30.0 Å². The van der Waals surface area contributed by atoms with Crippen molar-refractivity contribution < 1.29 is 24.0 Å². The number of hydrogen-bond donors (Lipinski definition) is 1. The van der Waals surface area contributed by atoms with Gasteiger partial charge in [0.25, 0.3) is 11.8 Å². The summed E-state index contributed by atoms with van der Waals surface area (Å²) in [7, 11) is 0. The van der Waals surface area contributed by atoms with E-state index in [0.717, 1.165) is 5.69 Å². The second-order valence-corrected chi connectivity index (χ2v) is 5.99. The second kappa shape index (κ2) is 6.56. The van der Waals surface area contributed by atoms with Crippen LogP contribution in [0.1, 0.15) is 27.5 Å². The molecule has 0 saturated heterocycles. The van der Waals surface area contributed by atoms with Crippen molar-refractivity contribution >= 4 is 12.1 Å². The van der Waals surface area contributed by atoms with Gasteiger partial charge in [-0.3, -0.25) is 4.79 Å². The number of amides is 1. The molecule has 27 heavy (non-hydrogen) atoms. The van der Waals surface area contributed by atoms with Crippen molar-refractivity contribution in [3.05, 3.63) is 53.0 Å². The highest BCUT2D eigenvalue weighted by Gasteiger charge is 2.31. The highest BCUT2D eigenvalue weighted by Crippen LogP contribution is 2.28. The predicted octanol–water partition coefficient (Wildman–Crippen LogP) is 1.82. The molecule has 4 rings (SSSR count). The van der Waals surface area contributed by atoms with Gasteiger partial charge in [-0.05, 0) is 24.2 Å². The molecule has 138 valence electrons. The fourth-order valence-electron chi connectivity index (χ4n) is 2.92. The van der Waals surface area contributed by atoms with E-state index >= 15 is 0 Å². The fraction of sp³-hybridized carbons (Fsp3) is 0.235. The summed E-state index contributed by atoms with van der Waals surface area (Å²) in [5.74, 6) is 0.0717. The van der Waals surface area contributed by atoms with Gasteiger partial charge in [0, 0.05) is 13.0 Å². The molecule has 0 spiro atoms. The van der Waals surface area contributed by atoms with Crippen LogP contribution in [0.3, 0.4) is 0 Å². The first-order valence-corrected chi connectivity index (χ1v) is 8.20. The Kier molecular flexibility index (Phi) is 4.07.